The van der Waals surface area contributed by atoms with Crippen LogP contribution in [0.25, 0.3) is 22.2 Å². The summed E-state index contributed by atoms with van der Waals surface area (Å²) in [6.45, 7) is 1.99. The number of fused-ring (bicyclic) bond motifs is 1. The molecule has 0 amide bonds. The van der Waals surface area contributed by atoms with Gasteiger partial charge in [-0.3, -0.25) is 0 Å². The second-order valence-corrected chi connectivity index (χ2v) is 5.54. The number of anilines is 1. The average Bonchev–Trinajstić information content (AvgIpc) is 2.59. The Kier molecular flexibility index (Phi) is 4.44. The van der Waals surface area contributed by atoms with Gasteiger partial charge in [0.05, 0.1) is 17.3 Å². The number of benzene rings is 2. The number of aliphatic hydroxyl groups excluding tert-OH is 1. The van der Waals surface area contributed by atoms with Crippen LogP contribution in [0.5, 0.6) is 5.75 Å². The van der Waals surface area contributed by atoms with Crippen molar-refractivity contribution in [3.63, 3.8) is 0 Å². The fourth-order valence-electron chi connectivity index (χ4n) is 2.38. The van der Waals surface area contributed by atoms with Crippen LogP contribution in [0.1, 0.15) is 6.92 Å². The number of ether oxygens (including phenoxy) is 1. The summed E-state index contributed by atoms with van der Waals surface area (Å²) in [5.41, 5.74) is 4.03. The van der Waals surface area contributed by atoms with Gasteiger partial charge in [-0.25, -0.2) is 4.98 Å². The third-order valence-corrected chi connectivity index (χ3v) is 3.62. The van der Waals surface area contributed by atoms with Gasteiger partial charge in [0.15, 0.2) is 0 Å². The van der Waals surface area contributed by atoms with Gasteiger partial charge in [-0.05, 0) is 43.3 Å². The van der Waals surface area contributed by atoms with Crippen molar-refractivity contribution >= 4 is 16.6 Å². The van der Waals surface area contributed by atoms with Gasteiger partial charge >= 0.3 is 0 Å². The lowest BCUT2D eigenvalue weighted by molar-refractivity contribution is 0.123. The van der Waals surface area contributed by atoms with Crippen molar-refractivity contribution in [2.45, 2.75) is 13.0 Å². The summed E-state index contributed by atoms with van der Waals surface area (Å²) in [5, 5.41) is 13.4. The van der Waals surface area contributed by atoms with Gasteiger partial charge in [0.2, 0.25) is 0 Å². The van der Waals surface area contributed by atoms with Gasteiger partial charge in [0.1, 0.15) is 12.4 Å². The lowest BCUT2D eigenvalue weighted by atomic mass is 10.1. The molecule has 0 aliphatic rings. The zero-order valence-electron chi connectivity index (χ0n) is 13.3. The van der Waals surface area contributed by atoms with Crippen molar-refractivity contribution < 1.29 is 9.84 Å². The van der Waals surface area contributed by atoms with E-state index in [1.807, 2.05) is 49.5 Å². The molecule has 118 valence electrons. The monoisotopic (exact) mass is 308 g/mol. The number of aliphatic hydroxyl groups is 1. The molecule has 0 aliphatic heterocycles. The highest BCUT2D eigenvalue weighted by atomic mass is 16.5. The fraction of sp³-hybridized carbons (Fsp3) is 0.211. The highest BCUT2D eigenvalue weighted by Crippen LogP contribution is 2.25. The molecule has 2 N–H and O–H groups in total. The highest BCUT2D eigenvalue weighted by Gasteiger charge is 2.04. The van der Waals surface area contributed by atoms with Gasteiger partial charge in [-0.15, -0.1) is 0 Å². The second kappa shape index (κ2) is 6.67. The Morgan fingerprint density at radius 2 is 1.87 bits per heavy atom. The standard InChI is InChI=1S/C19H20N2O2/c1-13(22)12-23-17-8-10-19-15(11-17)5-9-18(21-19)14-3-6-16(20-2)7-4-14/h3-11,13,20,22H,12H2,1-2H3. The molecule has 1 atom stereocenters. The third-order valence-electron chi connectivity index (χ3n) is 3.62. The summed E-state index contributed by atoms with van der Waals surface area (Å²) < 4.78 is 5.53. The van der Waals surface area contributed by atoms with Crippen LogP contribution in [0.2, 0.25) is 0 Å². The molecule has 0 aliphatic carbocycles. The third kappa shape index (κ3) is 3.60. The van der Waals surface area contributed by atoms with Crippen molar-refractivity contribution in [2.75, 3.05) is 19.0 Å². The molecule has 1 unspecified atom stereocenters. The van der Waals surface area contributed by atoms with E-state index in [1.54, 1.807) is 6.92 Å². The van der Waals surface area contributed by atoms with Crippen molar-refractivity contribution in [2.24, 2.45) is 0 Å². The van der Waals surface area contributed by atoms with Gasteiger partial charge in [0.25, 0.3) is 0 Å². The van der Waals surface area contributed by atoms with Crippen LogP contribution >= 0.6 is 0 Å². The van der Waals surface area contributed by atoms with E-state index in [0.717, 1.165) is 33.6 Å². The van der Waals surface area contributed by atoms with Crippen LogP contribution in [0, 0.1) is 0 Å². The minimum atomic E-state index is -0.480. The molecule has 3 aromatic rings. The summed E-state index contributed by atoms with van der Waals surface area (Å²) in [6, 6.07) is 18.0. The maximum absolute atomic E-state index is 9.28. The number of aromatic nitrogens is 1. The van der Waals surface area contributed by atoms with Crippen LogP contribution in [-0.4, -0.2) is 29.8 Å². The zero-order chi connectivity index (χ0) is 16.2. The van der Waals surface area contributed by atoms with E-state index in [1.165, 1.54) is 0 Å². The maximum atomic E-state index is 9.28. The molecule has 3 rings (SSSR count). The predicted octanol–water partition coefficient (Wildman–Crippen LogP) is 3.70. The number of nitrogens with one attached hydrogen (secondary N) is 1. The molecule has 23 heavy (non-hydrogen) atoms. The van der Waals surface area contributed by atoms with Gasteiger partial charge in [-0.1, -0.05) is 18.2 Å². The SMILES string of the molecule is CNc1ccc(-c2ccc3cc(OCC(C)O)ccc3n2)cc1. The summed E-state index contributed by atoms with van der Waals surface area (Å²) in [4.78, 5) is 4.71. The highest BCUT2D eigenvalue weighted by molar-refractivity contribution is 5.83. The zero-order valence-corrected chi connectivity index (χ0v) is 13.3. The smallest absolute Gasteiger partial charge is 0.120 e. The van der Waals surface area contributed by atoms with E-state index >= 15 is 0 Å². The molecule has 0 spiro atoms. The number of hydrogen-bond donors (Lipinski definition) is 2. The molecule has 1 aromatic heterocycles. The first-order valence-electron chi connectivity index (χ1n) is 7.65. The number of rotatable bonds is 5. The second-order valence-electron chi connectivity index (χ2n) is 5.54. The van der Waals surface area contributed by atoms with E-state index in [-0.39, 0.29) is 6.61 Å². The summed E-state index contributed by atoms with van der Waals surface area (Å²) >= 11 is 0. The van der Waals surface area contributed by atoms with Gasteiger partial charge in [0, 0.05) is 23.7 Å². The lowest BCUT2D eigenvalue weighted by Gasteiger charge is -2.09. The largest absolute Gasteiger partial charge is 0.491 e. The van der Waals surface area contributed by atoms with Gasteiger partial charge in [-0.2, -0.15) is 0 Å². The molecule has 0 saturated carbocycles. The number of hydrogen-bond acceptors (Lipinski definition) is 4. The first kappa shape index (κ1) is 15.3. The molecule has 0 saturated heterocycles. The normalized spacial score (nSPS) is 12.1. The topological polar surface area (TPSA) is 54.4 Å². The minimum absolute atomic E-state index is 0.287. The molecule has 4 nitrogen and oxygen atoms in total. The molecule has 1 heterocycles. The molecular weight excluding hydrogens is 288 g/mol. The van der Waals surface area contributed by atoms with Crippen LogP contribution in [-0.2, 0) is 0 Å². The van der Waals surface area contributed by atoms with Crippen molar-refractivity contribution in [1.29, 1.82) is 0 Å². The molecule has 4 heteroatoms. The molecule has 0 fully saturated rings. The van der Waals surface area contributed by atoms with Gasteiger partial charge < -0.3 is 15.2 Å². The lowest BCUT2D eigenvalue weighted by Crippen LogP contribution is -2.12. The van der Waals surface area contributed by atoms with Crippen LogP contribution < -0.4 is 10.1 Å². The molecule has 0 radical (unpaired) electrons. The van der Waals surface area contributed by atoms with E-state index in [9.17, 15) is 5.11 Å². The van der Waals surface area contributed by atoms with Crippen molar-refractivity contribution in [3.05, 3.63) is 54.6 Å². The Hall–Kier alpha value is -2.59. The van der Waals surface area contributed by atoms with E-state index < -0.39 is 6.10 Å². The Bertz CT molecular complexity index is 798. The van der Waals surface area contributed by atoms with Crippen molar-refractivity contribution in [1.82, 2.24) is 4.98 Å². The summed E-state index contributed by atoms with van der Waals surface area (Å²) in [6.07, 6.45) is -0.480. The Morgan fingerprint density at radius 3 is 2.57 bits per heavy atom. The molecular formula is C19H20N2O2. The minimum Gasteiger partial charge on any atom is -0.491 e. The summed E-state index contributed by atoms with van der Waals surface area (Å²) in [5.74, 6) is 0.742. The Labute approximate surface area is 135 Å². The van der Waals surface area contributed by atoms with Crippen LogP contribution in [0.4, 0.5) is 5.69 Å². The first-order chi connectivity index (χ1) is 11.2. The van der Waals surface area contributed by atoms with Crippen molar-refractivity contribution in [3.8, 4) is 17.0 Å². The van der Waals surface area contributed by atoms with Crippen LogP contribution in [0.3, 0.4) is 0 Å². The first-order valence-corrected chi connectivity index (χ1v) is 7.65. The Morgan fingerprint density at radius 1 is 1.09 bits per heavy atom. The predicted molar refractivity (Wildman–Crippen MR) is 93.9 cm³/mol. The number of nitrogens with zero attached hydrogens (tertiary/aromatic N) is 1. The van der Waals surface area contributed by atoms with E-state index in [4.69, 9.17) is 9.72 Å². The molecule has 0 bridgehead atoms. The average molecular weight is 308 g/mol. The van der Waals surface area contributed by atoms with E-state index in [2.05, 4.69) is 17.4 Å². The molecule has 2 aromatic carbocycles. The number of pyridine rings is 1. The summed E-state index contributed by atoms with van der Waals surface area (Å²) in [7, 11) is 1.90. The van der Waals surface area contributed by atoms with E-state index in [0.29, 0.717) is 0 Å². The quantitative estimate of drug-likeness (QED) is 0.754. The Balaban J connectivity index is 1.88. The maximum Gasteiger partial charge on any atom is 0.120 e. The fourth-order valence-corrected chi connectivity index (χ4v) is 2.38. The van der Waals surface area contributed by atoms with Crippen LogP contribution in [0.15, 0.2) is 54.6 Å².